The van der Waals surface area contributed by atoms with E-state index in [0.717, 1.165) is 0 Å². The van der Waals surface area contributed by atoms with Gasteiger partial charge in [-0.3, -0.25) is 4.79 Å². The summed E-state index contributed by atoms with van der Waals surface area (Å²) in [6.45, 7) is 7.03. The van der Waals surface area contributed by atoms with E-state index in [1.54, 1.807) is 27.7 Å². The second kappa shape index (κ2) is 5.62. The number of carboxylic acids is 1. The molecule has 0 saturated heterocycles. The van der Waals surface area contributed by atoms with E-state index in [0.29, 0.717) is 0 Å². The van der Waals surface area contributed by atoms with Gasteiger partial charge in [0, 0.05) is 12.4 Å². The van der Waals surface area contributed by atoms with Crippen LogP contribution in [0.4, 0.5) is 0 Å². The van der Waals surface area contributed by atoms with Crippen molar-refractivity contribution < 1.29 is 19.4 Å². The van der Waals surface area contributed by atoms with Crippen molar-refractivity contribution in [2.75, 3.05) is 0 Å². The van der Waals surface area contributed by atoms with Crippen LogP contribution in [0, 0.1) is 11.8 Å². The van der Waals surface area contributed by atoms with E-state index >= 15 is 0 Å². The van der Waals surface area contributed by atoms with Gasteiger partial charge in [-0.1, -0.05) is 13.8 Å². The van der Waals surface area contributed by atoms with Gasteiger partial charge in [-0.05, 0) is 19.8 Å². The van der Waals surface area contributed by atoms with Gasteiger partial charge in [-0.25, -0.2) is 0 Å². The molecule has 0 radical (unpaired) electrons. The van der Waals surface area contributed by atoms with E-state index in [1.807, 2.05) is 0 Å². The predicted molar refractivity (Wildman–Crippen MR) is 49.2 cm³/mol. The SMILES string of the molecule is CC(C)OC(=O)C(CC(=O)[O-])C(C)C. The molecule has 0 aromatic rings. The molecule has 1 unspecified atom stereocenters. The molecule has 0 bridgehead atoms. The largest absolute Gasteiger partial charge is 0.550 e. The summed E-state index contributed by atoms with van der Waals surface area (Å²) in [7, 11) is 0. The number of hydrogen-bond acceptors (Lipinski definition) is 4. The van der Waals surface area contributed by atoms with Gasteiger partial charge in [-0.2, -0.15) is 0 Å². The normalized spacial score (nSPS) is 13.0. The lowest BCUT2D eigenvalue weighted by atomic mass is 9.93. The molecule has 4 nitrogen and oxygen atoms in total. The summed E-state index contributed by atoms with van der Waals surface area (Å²) >= 11 is 0. The Morgan fingerprint density at radius 3 is 2.00 bits per heavy atom. The Hall–Kier alpha value is -1.06. The van der Waals surface area contributed by atoms with Crippen LogP contribution in [0.15, 0.2) is 0 Å². The average Bonchev–Trinajstić information content (AvgIpc) is 1.97. The highest BCUT2D eigenvalue weighted by molar-refractivity contribution is 5.78. The minimum Gasteiger partial charge on any atom is -0.550 e. The molecule has 82 valence electrons. The Kier molecular flexibility index (Phi) is 5.20. The van der Waals surface area contributed by atoms with E-state index < -0.39 is 17.9 Å². The molecular formula is C10H17O4-. The van der Waals surface area contributed by atoms with Crippen LogP contribution in [-0.4, -0.2) is 18.0 Å². The third-order valence-electron chi connectivity index (χ3n) is 1.85. The van der Waals surface area contributed by atoms with Crippen LogP contribution in [0.25, 0.3) is 0 Å². The number of aliphatic carboxylic acids is 1. The van der Waals surface area contributed by atoms with Gasteiger partial charge < -0.3 is 14.6 Å². The number of carbonyl (C=O) groups is 2. The van der Waals surface area contributed by atoms with Crippen LogP contribution in [0.5, 0.6) is 0 Å². The van der Waals surface area contributed by atoms with Crippen LogP contribution >= 0.6 is 0 Å². The van der Waals surface area contributed by atoms with Crippen LogP contribution in [-0.2, 0) is 14.3 Å². The molecule has 0 aromatic heterocycles. The summed E-state index contributed by atoms with van der Waals surface area (Å²) < 4.78 is 4.94. The van der Waals surface area contributed by atoms with E-state index in [1.165, 1.54) is 0 Å². The van der Waals surface area contributed by atoms with E-state index in [9.17, 15) is 14.7 Å². The number of esters is 1. The van der Waals surface area contributed by atoms with E-state index in [-0.39, 0.29) is 18.4 Å². The summed E-state index contributed by atoms with van der Waals surface area (Å²) in [5.74, 6) is -2.34. The van der Waals surface area contributed by atoms with Crippen LogP contribution in [0.3, 0.4) is 0 Å². The summed E-state index contributed by atoms with van der Waals surface area (Å²) in [5, 5.41) is 10.4. The minimum atomic E-state index is -1.22. The van der Waals surface area contributed by atoms with Crippen molar-refractivity contribution in [3.8, 4) is 0 Å². The van der Waals surface area contributed by atoms with Crippen molar-refractivity contribution in [2.24, 2.45) is 11.8 Å². The fourth-order valence-corrected chi connectivity index (χ4v) is 1.09. The first-order valence-electron chi connectivity index (χ1n) is 4.75. The van der Waals surface area contributed by atoms with Crippen molar-refractivity contribution in [1.82, 2.24) is 0 Å². The highest BCUT2D eigenvalue weighted by atomic mass is 16.5. The number of hydrogen-bond donors (Lipinski definition) is 0. The van der Waals surface area contributed by atoms with E-state index in [4.69, 9.17) is 4.74 Å². The van der Waals surface area contributed by atoms with Crippen molar-refractivity contribution in [3.05, 3.63) is 0 Å². The highest BCUT2D eigenvalue weighted by Gasteiger charge is 2.24. The van der Waals surface area contributed by atoms with Crippen LogP contribution in [0.1, 0.15) is 34.1 Å². The van der Waals surface area contributed by atoms with Crippen LogP contribution in [0.2, 0.25) is 0 Å². The third-order valence-corrected chi connectivity index (χ3v) is 1.85. The van der Waals surface area contributed by atoms with Crippen molar-refractivity contribution in [1.29, 1.82) is 0 Å². The van der Waals surface area contributed by atoms with Crippen molar-refractivity contribution >= 4 is 11.9 Å². The molecule has 0 saturated carbocycles. The predicted octanol–water partition coefficient (Wildman–Crippen LogP) is 0.350. The molecule has 0 aliphatic heterocycles. The quantitative estimate of drug-likeness (QED) is 0.602. The lowest BCUT2D eigenvalue weighted by Gasteiger charge is -2.21. The molecule has 0 amide bonds. The molecular weight excluding hydrogens is 184 g/mol. The third kappa shape index (κ3) is 4.84. The molecule has 0 aliphatic rings. The second-order valence-corrected chi connectivity index (χ2v) is 3.91. The molecule has 0 aromatic carbocycles. The summed E-state index contributed by atoms with van der Waals surface area (Å²) in [5.41, 5.74) is 0. The van der Waals surface area contributed by atoms with E-state index in [2.05, 4.69) is 0 Å². The number of rotatable bonds is 5. The maximum absolute atomic E-state index is 11.4. The second-order valence-electron chi connectivity index (χ2n) is 3.91. The zero-order valence-electron chi connectivity index (χ0n) is 9.07. The van der Waals surface area contributed by atoms with Crippen molar-refractivity contribution in [2.45, 2.75) is 40.2 Å². The average molecular weight is 201 g/mol. The Bertz CT molecular complexity index is 208. The zero-order chi connectivity index (χ0) is 11.3. The van der Waals surface area contributed by atoms with Gasteiger partial charge >= 0.3 is 5.97 Å². The van der Waals surface area contributed by atoms with Crippen LogP contribution < -0.4 is 5.11 Å². The Morgan fingerprint density at radius 1 is 1.21 bits per heavy atom. The lowest BCUT2D eigenvalue weighted by Crippen LogP contribution is -2.33. The molecule has 14 heavy (non-hydrogen) atoms. The molecule has 0 rings (SSSR count). The summed E-state index contributed by atoms with van der Waals surface area (Å²) in [4.78, 5) is 21.8. The Morgan fingerprint density at radius 2 is 1.71 bits per heavy atom. The molecule has 0 N–H and O–H groups in total. The topological polar surface area (TPSA) is 66.4 Å². The summed E-state index contributed by atoms with van der Waals surface area (Å²) in [6, 6.07) is 0. The molecule has 0 heterocycles. The molecule has 4 heteroatoms. The molecule has 0 aliphatic carbocycles. The monoisotopic (exact) mass is 201 g/mol. The maximum Gasteiger partial charge on any atom is 0.309 e. The number of carbonyl (C=O) groups excluding carboxylic acids is 2. The fourth-order valence-electron chi connectivity index (χ4n) is 1.09. The fraction of sp³-hybridized carbons (Fsp3) is 0.800. The first-order chi connectivity index (χ1) is 6.34. The Balaban J connectivity index is 4.33. The zero-order valence-corrected chi connectivity index (χ0v) is 9.07. The molecule has 1 atom stereocenters. The Labute approximate surface area is 84.3 Å². The maximum atomic E-state index is 11.4. The standard InChI is InChI=1S/C10H18O4/c1-6(2)8(5-9(11)12)10(13)14-7(3)4/h6-8H,5H2,1-4H3,(H,11,12)/p-1. The first kappa shape index (κ1) is 12.9. The minimum absolute atomic E-state index is 0.0563. The van der Waals surface area contributed by atoms with Gasteiger partial charge in [0.1, 0.15) is 0 Å². The van der Waals surface area contributed by atoms with Gasteiger partial charge in [0.2, 0.25) is 0 Å². The number of ether oxygens (including phenoxy) is 1. The van der Waals surface area contributed by atoms with Crippen molar-refractivity contribution in [3.63, 3.8) is 0 Å². The van der Waals surface area contributed by atoms with Gasteiger partial charge in [0.15, 0.2) is 0 Å². The van der Waals surface area contributed by atoms with Gasteiger partial charge in [-0.15, -0.1) is 0 Å². The highest BCUT2D eigenvalue weighted by Crippen LogP contribution is 2.17. The first-order valence-corrected chi connectivity index (χ1v) is 4.75. The van der Waals surface area contributed by atoms with Gasteiger partial charge in [0.25, 0.3) is 0 Å². The van der Waals surface area contributed by atoms with Gasteiger partial charge in [0.05, 0.1) is 12.0 Å². The molecule has 0 fully saturated rings. The number of carboxylic acid groups (broad SMARTS) is 1. The smallest absolute Gasteiger partial charge is 0.309 e. The summed E-state index contributed by atoms with van der Waals surface area (Å²) in [6.07, 6.45) is -0.492. The lowest BCUT2D eigenvalue weighted by molar-refractivity contribution is -0.307. The molecule has 0 spiro atoms.